The van der Waals surface area contributed by atoms with E-state index in [1.165, 1.54) is 0 Å². The molecule has 1 heterocycles. The normalized spacial score (nSPS) is 15.7. The lowest BCUT2D eigenvalue weighted by Crippen LogP contribution is -2.43. The molecule has 4 rings (SSSR count). The van der Waals surface area contributed by atoms with E-state index in [1.807, 2.05) is 37.3 Å². The number of hydrogen-bond acceptors (Lipinski definition) is 4. The molecule has 1 amide bonds. The second kappa shape index (κ2) is 7.44. The van der Waals surface area contributed by atoms with Crippen molar-refractivity contribution in [1.29, 1.82) is 0 Å². The molecule has 1 unspecified atom stereocenters. The summed E-state index contributed by atoms with van der Waals surface area (Å²) < 4.78 is 5.52. The number of nitrogens with one attached hydrogen (secondary N) is 1. The number of amides is 1. The van der Waals surface area contributed by atoms with Crippen LogP contribution >= 0.6 is 11.6 Å². The Bertz CT molecular complexity index is 1020. The van der Waals surface area contributed by atoms with Crippen LogP contribution in [0.15, 0.2) is 66.7 Å². The van der Waals surface area contributed by atoms with Crippen molar-refractivity contribution < 1.29 is 14.6 Å². The van der Waals surface area contributed by atoms with Crippen molar-refractivity contribution >= 4 is 28.9 Å². The van der Waals surface area contributed by atoms with E-state index >= 15 is 0 Å². The average Bonchev–Trinajstić information content (AvgIpc) is 2.71. The first-order valence-electron chi connectivity index (χ1n) is 8.99. The number of benzene rings is 3. The fourth-order valence-corrected chi connectivity index (χ4v) is 3.45. The quantitative estimate of drug-likeness (QED) is 0.637. The van der Waals surface area contributed by atoms with Gasteiger partial charge in [-0.3, -0.25) is 9.69 Å². The van der Waals surface area contributed by atoms with E-state index < -0.39 is 6.17 Å². The number of phenols is 1. The van der Waals surface area contributed by atoms with Crippen molar-refractivity contribution in [3.63, 3.8) is 0 Å². The zero-order chi connectivity index (χ0) is 19.7. The molecule has 28 heavy (non-hydrogen) atoms. The summed E-state index contributed by atoms with van der Waals surface area (Å²) in [6, 6.07) is 19.6. The van der Waals surface area contributed by atoms with Gasteiger partial charge in [-0.25, -0.2) is 0 Å². The van der Waals surface area contributed by atoms with Gasteiger partial charge < -0.3 is 15.2 Å². The molecule has 3 aromatic rings. The van der Waals surface area contributed by atoms with E-state index in [1.54, 1.807) is 41.3 Å². The maximum absolute atomic E-state index is 13.3. The molecule has 0 bridgehead atoms. The first-order valence-corrected chi connectivity index (χ1v) is 9.36. The lowest BCUT2D eigenvalue weighted by molar-refractivity contribution is 0.0975. The Morgan fingerprint density at radius 2 is 1.86 bits per heavy atom. The fourth-order valence-electron chi connectivity index (χ4n) is 3.33. The standard InChI is InChI=1S/C22H19ClN2O3/c1-2-28-20-13-14(7-12-19(20)26)21-24-18-6-4-3-5-17(18)22(27)25(21)16-10-8-15(23)9-11-16/h3-13,21,24,26H,2H2,1H3. The molecule has 0 fully saturated rings. The van der Waals surface area contributed by atoms with Crippen LogP contribution in [0.3, 0.4) is 0 Å². The number of nitrogens with zero attached hydrogens (tertiary/aromatic N) is 1. The maximum Gasteiger partial charge on any atom is 0.262 e. The van der Waals surface area contributed by atoms with Gasteiger partial charge in [0.25, 0.3) is 5.91 Å². The van der Waals surface area contributed by atoms with Crippen LogP contribution in [0, 0.1) is 0 Å². The first kappa shape index (κ1) is 18.2. The summed E-state index contributed by atoms with van der Waals surface area (Å²) in [5.41, 5.74) is 2.86. The molecule has 5 nitrogen and oxygen atoms in total. The second-order valence-corrected chi connectivity index (χ2v) is 6.84. The Kier molecular flexibility index (Phi) is 4.84. The van der Waals surface area contributed by atoms with E-state index in [0.29, 0.717) is 28.6 Å². The Labute approximate surface area is 168 Å². The lowest BCUT2D eigenvalue weighted by Gasteiger charge is -2.38. The number of para-hydroxylation sites is 1. The molecule has 1 aliphatic heterocycles. The van der Waals surface area contributed by atoms with Crippen LogP contribution in [0.1, 0.15) is 29.0 Å². The van der Waals surface area contributed by atoms with Crippen molar-refractivity contribution in [2.24, 2.45) is 0 Å². The van der Waals surface area contributed by atoms with Crippen LogP contribution in [-0.4, -0.2) is 17.6 Å². The van der Waals surface area contributed by atoms with Crippen molar-refractivity contribution in [3.05, 3.63) is 82.9 Å². The van der Waals surface area contributed by atoms with E-state index in [-0.39, 0.29) is 11.7 Å². The Morgan fingerprint density at radius 3 is 2.61 bits per heavy atom. The molecule has 0 radical (unpaired) electrons. The molecule has 2 N–H and O–H groups in total. The van der Waals surface area contributed by atoms with E-state index in [4.69, 9.17) is 16.3 Å². The number of carbonyl (C=O) groups excluding carboxylic acids is 1. The summed E-state index contributed by atoms with van der Waals surface area (Å²) in [7, 11) is 0. The molecule has 0 aliphatic carbocycles. The molecule has 1 atom stereocenters. The second-order valence-electron chi connectivity index (χ2n) is 6.40. The number of anilines is 2. The van der Waals surface area contributed by atoms with Gasteiger partial charge in [-0.2, -0.15) is 0 Å². The van der Waals surface area contributed by atoms with Crippen LogP contribution in [-0.2, 0) is 0 Å². The number of ether oxygens (including phenoxy) is 1. The molecule has 0 spiro atoms. The van der Waals surface area contributed by atoms with Crippen LogP contribution in [0.25, 0.3) is 0 Å². The number of hydrogen-bond donors (Lipinski definition) is 2. The highest BCUT2D eigenvalue weighted by Gasteiger charge is 2.34. The Balaban J connectivity index is 1.84. The van der Waals surface area contributed by atoms with Crippen molar-refractivity contribution in [2.45, 2.75) is 13.1 Å². The van der Waals surface area contributed by atoms with Gasteiger partial charge in [-0.15, -0.1) is 0 Å². The minimum absolute atomic E-state index is 0.0613. The lowest BCUT2D eigenvalue weighted by atomic mass is 10.0. The number of aromatic hydroxyl groups is 1. The number of phenolic OH excluding ortho intramolecular Hbond substituents is 1. The first-order chi connectivity index (χ1) is 13.6. The molecule has 0 saturated carbocycles. The van der Waals surface area contributed by atoms with E-state index in [2.05, 4.69) is 5.32 Å². The van der Waals surface area contributed by atoms with Gasteiger partial charge in [-0.1, -0.05) is 29.8 Å². The van der Waals surface area contributed by atoms with Gasteiger partial charge >= 0.3 is 0 Å². The minimum atomic E-state index is -0.469. The largest absolute Gasteiger partial charge is 0.504 e. The summed E-state index contributed by atoms with van der Waals surface area (Å²) >= 11 is 6.03. The maximum atomic E-state index is 13.3. The van der Waals surface area contributed by atoms with Gasteiger partial charge in [0.05, 0.1) is 12.2 Å². The molecule has 1 aliphatic rings. The fraction of sp³-hybridized carbons (Fsp3) is 0.136. The van der Waals surface area contributed by atoms with Gasteiger partial charge in [0.1, 0.15) is 6.17 Å². The third-order valence-electron chi connectivity index (χ3n) is 4.63. The number of carbonyl (C=O) groups is 1. The topological polar surface area (TPSA) is 61.8 Å². The Morgan fingerprint density at radius 1 is 1.11 bits per heavy atom. The monoisotopic (exact) mass is 394 g/mol. The molecular formula is C22H19ClN2O3. The van der Waals surface area contributed by atoms with E-state index in [0.717, 1.165) is 11.3 Å². The molecule has 6 heteroatoms. The summed E-state index contributed by atoms with van der Waals surface area (Å²) in [5, 5.41) is 14.1. The molecule has 0 saturated heterocycles. The van der Waals surface area contributed by atoms with Gasteiger partial charge in [0, 0.05) is 16.4 Å². The third-order valence-corrected chi connectivity index (χ3v) is 4.88. The minimum Gasteiger partial charge on any atom is -0.504 e. The predicted octanol–water partition coefficient (Wildman–Crippen LogP) is 5.22. The number of halogens is 1. The highest BCUT2D eigenvalue weighted by molar-refractivity contribution is 6.30. The highest BCUT2D eigenvalue weighted by atomic mass is 35.5. The smallest absolute Gasteiger partial charge is 0.262 e. The van der Waals surface area contributed by atoms with Crippen LogP contribution in [0.2, 0.25) is 5.02 Å². The number of fused-ring (bicyclic) bond motifs is 1. The van der Waals surface area contributed by atoms with Crippen LogP contribution in [0.4, 0.5) is 11.4 Å². The van der Waals surface area contributed by atoms with Gasteiger partial charge in [-0.05, 0) is 61.0 Å². The summed E-state index contributed by atoms with van der Waals surface area (Å²) in [6.45, 7) is 2.28. The van der Waals surface area contributed by atoms with Gasteiger partial charge in [0.15, 0.2) is 11.5 Å². The van der Waals surface area contributed by atoms with Gasteiger partial charge in [0.2, 0.25) is 0 Å². The van der Waals surface area contributed by atoms with E-state index in [9.17, 15) is 9.90 Å². The van der Waals surface area contributed by atoms with Crippen LogP contribution in [0.5, 0.6) is 11.5 Å². The van der Waals surface area contributed by atoms with Crippen molar-refractivity contribution in [3.8, 4) is 11.5 Å². The summed E-state index contributed by atoms with van der Waals surface area (Å²) in [6.07, 6.45) is -0.469. The zero-order valence-corrected chi connectivity index (χ0v) is 16.0. The SMILES string of the molecule is CCOc1cc(C2Nc3ccccc3C(=O)N2c2ccc(Cl)cc2)ccc1O. The van der Waals surface area contributed by atoms with Crippen molar-refractivity contribution in [1.82, 2.24) is 0 Å². The average molecular weight is 395 g/mol. The predicted molar refractivity (Wildman–Crippen MR) is 110 cm³/mol. The molecule has 142 valence electrons. The molecular weight excluding hydrogens is 376 g/mol. The molecule has 0 aromatic heterocycles. The third kappa shape index (κ3) is 3.25. The summed E-state index contributed by atoms with van der Waals surface area (Å²) in [4.78, 5) is 15.0. The number of rotatable bonds is 4. The van der Waals surface area contributed by atoms with Crippen molar-refractivity contribution in [2.75, 3.05) is 16.8 Å². The zero-order valence-electron chi connectivity index (χ0n) is 15.2. The molecule has 3 aromatic carbocycles. The van der Waals surface area contributed by atoms with Crippen LogP contribution < -0.4 is 15.0 Å². The highest BCUT2D eigenvalue weighted by Crippen LogP contribution is 2.39. The Hall–Kier alpha value is -3.18. The summed E-state index contributed by atoms with van der Waals surface area (Å²) in [5.74, 6) is 0.322.